The minimum absolute atomic E-state index is 0.0590. The van der Waals surface area contributed by atoms with Gasteiger partial charge >= 0.3 is 12.4 Å². The summed E-state index contributed by atoms with van der Waals surface area (Å²) in [5, 5.41) is 11.4. The largest absolute Gasteiger partial charge is 0.451 e. The van der Waals surface area contributed by atoms with Crippen molar-refractivity contribution in [2.75, 3.05) is 24.5 Å². The van der Waals surface area contributed by atoms with E-state index in [-0.39, 0.29) is 29.4 Å². The Morgan fingerprint density at radius 3 is 2.27 bits per heavy atom. The number of nitrogens with one attached hydrogen (secondary N) is 1. The van der Waals surface area contributed by atoms with Gasteiger partial charge < -0.3 is 14.8 Å². The number of hydrogen-bond acceptors (Lipinski definition) is 5. The molecule has 0 radical (unpaired) electrons. The predicted octanol–water partition coefficient (Wildman–Crippen LogP) is 5.74. The molecular formula is C26H27F6N7O. The number of nitrogens with zero attached hydrogens (tertiary/aromatic N) is 6. The maximum absolute atomic E-state index is 13.8. The number of benzene rings is 1. The van der Waals surface area contributed by atoms with Crippen LogP contribution in [0, 0.1) is 0 Å². The highest BCUT2D eigenvalue weighted by Crippen LogP contribution is 2.46. The summed E-state index contributed by atoms with van der Waals surface area (Å²) in [6.07, 6.45) is -3.62. The van der Waals surface area contributed by atoms with Crippen LogP contribution in [-0.4, -0.2) is 55.4 Å². The number of halogens is 6. The fourth-order valence-corrected chi connectivity index (χ4v) is 5.97. The van der Waals surface area contributed by atoms with E-state index in [1.54, 1.807) is 15.9 Å². The van der Waals surface area contributed by atoms with Crippen molar-refractivity contribution in [3.63, 3.8) is 0 Å². The molecule has 4 heterocycles. The van der Waals surface area contributed by atoms with Crippen LogP contribution in [0.4, 0.5) is 32.3 Å². The van der Waals surface area contributed by atoms with Crippen LogP contribution in [0.1, 0.15) is 89.5 Å². The topological polar surface area (TPSA) is 82.9 Å². The number of aromatic nitrogens is 5. The van der Waals surface area contributed by atoms with Gasteiger partial charge in [-0.05, 0) is 50.2 Å². The Hall–Kier alpha value is -3.58. The average Bonchev–Trinajstić information content (AvgIpc) is 3.32. The fraction of sp³-hybridized carbons (Fsp3) is 0.538. The van der Waals surface area contributed by atoms with Crippen LogP contribution in [0.25, 0.3) is 0 Å². The van der Waals surface area contributed by atoms with Gasteiger partial charge in [0.15, 0.2) is 0 Å². The van der Waals surface area contributed by atoms with Crippen molar-refractivity contribution in [3.05, 3.63) is 58.7 Å². The highest BCUT2D eigenvalue weighted by molar-refractivity contribution is 5.96. The summed E-state index contributed by atoms with van der Waals surface area (Å²) in [6, 6.07) is 4.68. The zero-order valence-electron chi connectivity index (χ0n) is 21.3. The molecular weight excluding hydrogens is 540 g/mol. The number of rotatable bonds is 5. The van der Waals surface area contributed by atoms with Crippen LogP contribution in [0.15, 0.2) is 30.5 Å². The Morgan fingerprint density at radius 2 is 1.62 bits per heavy atom. The van der Waals surface area contributed by atoms with Gasteiger partial charge in [0, 0.05) is 25.6 Å². The molecule has 0 spiro atoms. The van der Waals surface area contributed by atoms with E-state index in [9.17, 15) is 31.1 Å². The van der Waals surface area contributed by atoms with Crippen molar-refractivity contribution in [2.45, 2.75) is 68.9 Å². The molecule has 1 unspecified atom stereocenters. The highest BCUT2D eigenvalue weighted by atomic mass is 19.4. The van der Waals surface area contributed by atoms with Crippen molar-refractivity contribution in [1.29, 1.82) is 0 Å². The smallest absolute Gasteiger partial charge is 0.341 e. The highest BCUT2D eigenvalue weighted by Gasteiger charge is 2.42. The molecule has 40 heavy (non-hydrogen) atoms. The van der Waals surface area contributed by atoms with E-state index < -0.39 is 29.8 Å². The van der Waals surface area contributed by atoms with E-state index in [1.165, 1.54) is 18.3 Å². The van der Waals surface area contributed by atoms with E-state index in [2.05, 4.69) is 20.3 Å². The first kappa shape index (κ1) is 26.6. The normalized spacial score (nSPS) is 20.9. The molecule has 1 aromatic carbocycles. The van der Waals surface area contributed by atoms with Gasteiger partial charge in [-0.15, -0.1) is 10.2 Å². The number of piperidine rings is 1. The van der Waals surface area contributed by atoms with E-state index >= 15 is 0 Å². The molecule has 6 rings (SSSR count). The number of hydrogen-bond donors (Lipinski definition) is 1. The van der Waals surface area contributed by atoms with E-state index in [4.69, 9.17) is 0 Å². The van der Waals surface area contributed by atoms with Crippen molar-refractivity contribution in [3.8, 4) is 0 Å². The second kappa shape index (κ2) is 9.81. The Labute approximate surface area is 225 Å². The summed E-state index contributed by atoms with van der Waals surface area (Å²) in [6.45, 7) is 1.21. The van der Waals surface area contributed by atoms with Crippen LogP contribution in [0.2, 0.25) is 0 Å². The number of aromatic amines is 1. The third-order valence-corrected chi connectivity index (χ3v) is 8.02. The summed E-state index contributed by atoms with van der Waals surface area (Å²) in [5.74, 6) is -1.25. The first-order valence-electron chi connectivity index (χ1n) is 13.3. The van der Waals surface area contributed by atoms with Gasteiger partial charge in [0.1, 0.15) is 0 Å². The second-order valence-corrected chi connectivity index (χ2v) is 10.6. The van der Waals surface area contributed by atoms with E-state index in [0.29, 0.717) is 50.9 Å². The zero-order chi connectivity index (χ0) is 28.2. The SMILES string of the molecule is O=C(c1cnn(C2CCN(c3nnc(C(F)(F)F)[nH]3)CC2)c1C1CC1)N1CCCC1c1ccccc1C(F)(F)F. The minimum Gasteiger partial charge on any atom is -0.341 e. The fourth-order valence-electron chi connectivity index (χ4n) is 5.97. The maximum Gasteiger partial charge on any atom is 0.451 e. The van der Waals surface area contributed by atoms with Crippen molar-refractivity contribution >= 4 is 11.9 Å². The number of carbonyl (C=O) groups excluding carboxylic acids is 1. The van der Waals surface area contributed by atoms with Crippen LogP contribution >= 0.6 is 0 Å². The molecule has 14 heteroatoms. The number of amides is 1. The third-order valence-electron chi connectivity index (χ3n) is 8.02. The maximum atomic E-state index is 13.8. The minimum atomic E-state index is -4.61. The molecule has 3 fully saturated rings. The van der Waals surface area contributed by atoms with Crippen molar-refractivity contribution in [2.24, 2.45) is 0 Å². The Balaban J connectivity index is 1.22. The van der Waals surface area contributed by atoms with Crippen molar-refractivity contribution < 1.29 is 31.1 Å². The molecule has 1 saturated carbocycles. The molecule has 8 nitrogen and oxygen atoms in total. The summed E-state index contributed by atoms with van der Waals surface area (Å²) < 4.78 is 81.8. The van der Waals surface area contributed by atoms with Gasteiger partial charge in [0.25, 0.3) is 5.91 Å². The first-order valence-corrected chi connectivity index (χ1v) is 13.3. The van der Waals surface area contributed by atoms with Crippen molar-refractivity contribution in [1.82, 2.24) is 29.9 Å². The number of likely N-dealkylation sites (tertiary alicyclic amines) is 1. The molecule has 2 saturated heterocycles. The van der Waals surface area contributed by atoms with Gasteiger partial charge in [0.05, 0.1) is 35.1 Å². The van der Waals surface area contributed by atoms with Gasteiger partial charge in [-0.2, -0.15) is 31.4 Å². The molecule has 0 bridgehead atoms. The molecule has 1 amide bonds. The molecule has 1 atom stereocenters. The van der Waals surface area contributed by atoms with E-state index in [0.717, 1.165) is 24.6 Å². The van der Waals surface area contributed by atoms with Crippen LogP contribution in [0.3, 0.4) is 0 Å². The number of carbonyl (C=O) groups is 1. The van der Waals surface area contributed by atoms with Crippen LogP contribution in [-0.2, 0) is 12.4 Å². The monoisotopic (exact) mass is 567 g/mol. The summed E-state index contributed by atoms with van der Waals surface area (Å²) in [5.41, 5.74) is 0.608. The lowest BCUT2D eigenvalue weighted by Crippen LogP contribution is -2.36. The molecule has 3 aromatic rings. The standard InChI is InChI=1S/C26H27F6N7O/c27-25(28,29)19-5-2-1-4-17(19)20-6-3-11-38(20)22(40)18-14-33-39(21(18)15-7-8-15)16-9-12-37(13-10-16)24-34-23(35-36-24)26(30,31)32/h1-2,4-5,14-16,20H,3,6-13H2,(H,34,35,36). The molecule has 2 aliphatic heterocycles. The molecule has 1 aliphatic carbocycles. The summed E-state index contributed by atoms with van der Waals surface area (Å²) >= 11 is 0. The van der Waals surface area contributed by atoms with Gasteiger partial charge in [-0.1, -0.05) is 18.2 Å². The van der Waals surface area contributed by atoms with Crippen LogP contribution < -0.4 is 4.90 Å². The quantitative estimate of drug-likeness (QED) is 0.398. The van der Waals surface area contributed by atoms with Crippen LogP contribution in [0.5, 0.6) is 0 Å². The molecule has 3 aliphatic rings. The third kappa shape index (κ3) is 4.92. The average molecular weight is 568 g/mol. The summed E-state index contributed by atoms with van der Waals surface area (Å²) in [7, 11) is 0. The number of H-pyrrole nitrogens is 1. The number of anilines is 1. The lowest BCUT2D eigenvalue weighted by atomic mass is 9.97. The Morgan fingerprint density at radius 1 is 0.900 bits per heavy atom. The Bertz CT molecular complexity index is 1380. The first-order chi connectivity index (χ1) is 19.0. The van der Waals surface area contributed by atoms with E-state index in [1.807, 2.05) is 4.68 Å². The molecule has 214 valence electrons. The molecule has 2 aromatic heterocycles. The predicted molar refractivity (Wildman–Crippen MR) is 131 cm³/mol. The lowest BCUT2D eigenvalue weighted by Gasteiger charge is -2.32. The van der Waals surface area contributed by atoms with Gasteiger partial charge in [-0.3, -0.25) is 9.48 Å². The van der Waals surface area contributed by atoms with Gasteiger partial charge in [0.2, 0.25) is 11.8 Å². The summed E-state index contributed by atoms with van der Waals surface area (Å²) in [4.78, 5) is 19.3. The Kier molecular flexibility index (Phi) is 6.53. The van der Waals surface area contributed by atoms with Gasteiger partial charge in [-0.25, -0.2) is 0 Å². The second-order valence-electron chi connectivity index (χ2n) is 10.6. The zero-order valence-corrected chi connectivity index (χ0v) is 21.3. The molecule has 1 N–H and O–H groups in total. The lowest BCUT2D eigenvalue weighted by molar-refractivity contribution is -0.144. The number of alkyl halides is 6.